The highest BCUT2D eigenvalue weighted by molar-refractivity contribution is 6.02. The molecule has 0 radical (unpaired) electrons. The molecule has 84 valence electrons. The first-order valence-corrected chi connectivity index (χ1v) is 5.16. The van der Waals surface area contributed by atoms with Gasteiger partial charge in [-0.2, -0.15) is 5.10 Å². The van der Waals surface area contributed by atoms with E-state index in [9.17, 15) is 4.79 Å². The Balaban J connectivity index is 1.95. The minimum absolute atomic E-state index is 0.0405. The Morgan fingerprint density at radius 2 is 2.25 bits per heavy atom. The van der Waals surface area contributed by atoms with Gasteiger partial charge in [0.2, 0.25) is 5.91 Å². The molecule has 4 N–H and O–H groups in total. The highest BCUT2D eigenvalue weighted by Crippen LogP contribution is 2.13. The number of hydrogen-bond donors (Lipinski definition) is 3. The first-order valence-electron chi connectivity index (χ1n) is 5.16. The van der Waals surface area contributed by atoms with E-state index in [0.717, 1.165) is 17.7 Å². The second-order valence-corrected chi connectivity index (χ2v) is 3.73. The lowest BCUT2D eigenvalue weighted by atomic mass is 10.0. The van der Waals surface area contributed by atoms with Crippen molar-refractivity contribution < 1.29 is 4.79 Å². The van der Waals surface area contributed by atoms with Gasteiger partial charge in [-0.15, -0.1) is 0 Å². The zero-order valence-corrected chi connectivity index (χ0v) is 8.81. The van der Waals surface area contributed by atoms with Gasteiger partial charge in [-0.25, -0.2) is 5.84 Å². The number of hydrazone groups is 1. The third-order valence-corrected chi connectivity index (χ3v) is 2.52. The largest absolute Gasteiger partial charge is 0.306 e. The van der Waals surface area contributed by atoms with Crippen molar-refractivity contribution in [3.05, 3.63) is 35.9 Å². The van der Waals surface area contributed by atoms with Crippen LogP contribution in [0.3, 0.4) is 0 Å². The van der Waals surface area contributed by atoms with E-state index >= 15 is 0 Å². The summed E-state index contributed by atoms with van der Waals surface area (Å²) in [6.07, 6.45) is 1.09. The fraction of sp³-hybridized carbons (Fsp3) is 0.273. The molecular weight excluding hydrogens is 204 g/mol. The number of carbonyl (C=O) groups is 1. The molecule has 0 spiro atoms. The van der Waals surface area contributed by atoms with E-state index < -0.39 is 0 Å². The van der Waals surface area contributed by atoms with Gasteiger partial charge in [0.25, 0.3) is 0 Å². The minimum atomic E-state index is -0.179. The van der Waals surface area contributed by atoms with E-state index in [1.54, 1.807) is 0 Å². The second-order valence-electron chi connectivity index (χ2n) is 3.73. The number of rotatable bonds is 3. The fourth-order valence-electron chi connectivity index (χ4n) is 1.71. The first kappa shape index (κ1) is 10.6. The second kappa shape index (κ2) is 4.76. The van der Waals surface area contributed by atoms with Crippen molar-refractivity contribution in [1.82, 2.24) is 10.9 Å². The summed E-state index contributed by atoms with van der Waals surface area (Å²) < 4.78 is 0. The van der Waals surface area contributed by atoms with E-state index in [2.05, 4.69) is 16.0 Å². The Morgan fingerprint density at radius 3 is 2.94 bits per heavy atom. The highest BCUT2D eigenvalue weighted by Gasteiger charge is 2.21. The summed E-state index contributed by atoms with van der Waals surface area (Å²) in [5.74, 6) is 4.85. The summed E-state index contributed by atoms with van der Waals surface area (Å²) in [6, 6.07) is 9.96. The van der Waals surface area contributed by atoms with Gasteiger partial charge in [0, 0.05) is 6.42 Å². The van der Waals surface area contributed by atoms with Crippen LogP contribution in [0.4, 0.5) is 0 Å². The predicted molar refractivity (Wildman–Crippen MR) is 61.5 cm³/mol. The van der Waals surface area contributed by atoms with Crippen molar-refractivity contribution in [1.29, 1.82) is 0 Å². The number of hydrogen-bond acceptors (Lipinski definition) is 4. The zero-order chi connectivity index (χ0) is 11.4. The molecule has 5 nitrogen and oxygen atoms in total. The molecule has 0 aromatic heterocycles. The van der Waals surface area contributed by atoms with Crippen LogP contribution in [-0.4, -0.2) is 17.7 Å². The van der Waals surface area contributed by atoms with Crippen molar-refractivity contribution in [2.45, 2.75) is 18.9 Å². The maximum Gasteiger partial charge on any atom is 0.236 e. The number of carbonyl (C=O) groups excluding carboxylic acids is 1. The molecule has 0 fully saturated rings. The summed E-state index contributed by atoms with van der Waals surface area (Å²) in [5, 5.41) is 4.22. The third kappa shape index (κ3) is 2.38. The van der Waals surface area contributed by atoms with Crippen LogP contribution in [-0.2, 0) is 4.79 Å². The monoisotopic (exact) mass is 218 g/mol. The molecule has 1 aliphatic rings. The van der Waals surface area contributed by atoms with Gasteiger partial charge in [0.15, 0.2) is 0 Å². The Hall–Kier alpha value is -1.88. The smallest absolute Gasteiger partial charge is 0.236 e. The van der Waals surface area contributed by atoms with Crippen LogP contribution in [0.2, 0.25) is 0 Å². The van der Waals surface area contributed by atoms with E-state index in [1.165, 1.54) is 0 Å². The van der Waals surface area contributed by atoms with Gasteiger partial charge in [0.05, 0.1) is 18.2 Å². The molecule has 1 aliphatic heterocycles. The van der Waals surface area contributed by atoms with Crippen LogP contribution in [0.5, 0.6) is 0 Å². The van der Waals surface area contributed by atoms with Gasteiger partial charge < -0.3 is 5.43 Å². The third-order valence-electron chi connectivity index (χ3n) is 2.52. The number of benzene rings is 1. The molecule has 0 saturated heterocycles. The zero-order valence-electron chi connectivity index (χ0n) is 8.81. The number of amides is 1. The van der Waals surface area contributed by atoms with Crippen LogP contribution in [0.15, 0.2) is 35.4 Å². The molecule has 0 unspecified atom stereocenters. The number of hydrazine groups is 1. The summed E-state index contributed by atoms with van der Waals surface area (Å²) in [7, 11) is 0. The Labute approximate surface area is 93.7 Å². The van der Waals surface area contributed by atoms with E-state index in [-0.39, 0.29) is 11.9 Å². The molecule has 0 bridgehead atoms. The van der Waals surface area contributed by atoms with Crippen molar-refractivity contribution in [2.75, 3.05) is 0 Å². The summed E-state index contributed by atoms with van der Waals surface area (Å²) >= 11 is 0. The predicted octanol–water partition coefficient (Wildman–Crippen LogP) is 0.133. The topological polar surface area (TPSA) is 79.5 Å². The van der Waals surface area contributed by atoms with Crippen LogP contribution in [0, 0.1) is 0 Å². The summed E-state index contributed by atoms with van der Waals surface area (Å²) in [5.41, 5.74) is 7.13. The quantitative estimate of drug-likeness (QED) is 0.383. The Kier molecular flexibility index (Phi) is 3.16. The van der Waals surface area contributed by atoms with Gasteiger partial charge in [-0.05, 0) is 5.56 Å². The van der Waals surface area contributed by atoms with E-state index in [4.69, 9.17) is 5.84 Å². The molecule has 1 amide bonds. The molecule has 0 aliphatic carbocycles. The van der Waals surface area contributed by atoms with Crippen molar-refractivity contribution in [2.24, 2.45) is 10.9 Å². The molecule has 5 heteroatoms. The first-order chi connectivity index (χ1) is 7.79. The van der Waals surface area contributed by atoms with Crippen LogP contribution < -0.4 is 16.7 Å². The van der Waals surface area contributed by atoms with E-state index in [0.29, 0.717) is 6.42 Å². The lowest BCUT2D eigenvalue weighted by Crippen LogP contribution is -2.35. The van der Waals surface area contributed by atoms with Gasteiger partial charge in [-0.3, -0.25) is 10.2 Å². The van der Waals surface area contributed by atoms with Crippen LogP contribution in [0.1, 0.15) is 18.4 Å². The average molecular weight is 218 g/mol. The van der Waals surface area contributed by atoms with Gasteiger partial charge in [-0.1, -0.05) is 30.3 Å². The summed E-state index contributed by atoms with van der Waals surface area (Å²) in [6.45, 7) is 0. The van der Waals surface area contributed by atoms with Crippen molar-refractivity contribution >= 4 is 11.6 Å². The molecule has 16 heavy (non-hydrogen) atoms. The van der Waals surface area contributed by atoms with Crippen LogP contribution >= 0.6 is 0 Å². The number of nitrogens with one attached hydrogen (secondary N) is 2. The van der Waals surface area contributed by atoms with Gasteiger partial charge in [0.1, 0.15) is 0 Å². The SMILES string of the molecule is NNC(=O)C[C@@H]1CC(c2ccccc2)=NN1. The fourth-order valence-corrected chi connectivity index (χ4v) is 1.71. The standard InChI is InChI=1S/C11H14N4O/c12-13-11(16)7-9-6-10(15-14-9)8-4-2-1-3-5-8/h1-5,9,14H,6-7,12H2,(H,13,16)/t9-/m0/s1. The maximum absolute atomic E-state index is 11.1. The van der Waals surface area contributed by atoms with Crippen molar-refractivity contribution in [3.8, 4) is 0 Å². The van der Waals surface area contributed by atoms with Gasteiger partial charge >= 0.3 is 0 Å². The molecule has 1 heterocycles. The maximum atomic E-state index is 11.1. The normalized spacial score (nSPS) is 18.8. The number of nitrogens with zero attached hydrogens (tertiary/aromatic N) is 1. The molecule has 1 atom stereocenters. The lowest BCUT2D eigenvalue weighted by molar-refractivity contribution is -0.121. The minimum Gasteiger partial charge on any atom is -0.306 e. The average Bonchev–Trinajstić information content (AvgIpc) is 2.78. The molecule has 0 saturated carbocycles. The highest BCUT2D eigenvalue weighted by atomic mass is 16.2. The molecule has 1 aromatic rings. The summed E-state index contributed by atoms with van der Waals surface area (Å²) in [4.78, 5) is 11.1. The van der Waals surface area contributed by atoms with Crippen molar-refractivity contribution in [3.63, 3.8) is 0 Å². The lowest BCUT2D eigenvalue weighted by Gasteiger charge is -2.07. The number of nitrogens with two attached hydrogens (primary N) is 1. The molecular formula is C11H14N4O. The van der Waals surface area contributed by atoms with E-state index in [1.807, 2.05) is 30.3 Å². The Morgan fingerprint density at radius 1 is 1.50 bits per heavy atom. The van der Waals surface area contributed by atoms with Crippen LogP contribution in [0.25, 0.3) is 0 Å². The Bertz CT molecular complexity index is 402. The molecule has 2 rings (SSSR count). The molecule has 1 aromatic carbocycles.